The van der Waals surface area contributed by atoms with Gasteiger partial charge in [-0.15, -0.1) is 0 Å². The highest BCUT2D eigenvalue weighted by molar-refractivity contribution is 5.67. The van der Waals surface area contributed by atoms with Crippen LogP contribution in [0.25, 0.3) is 11.3 Å². The normalized spacial score (nSPS) is 13.4. The van der Waals surface area contributed by atoms with E-state index in [1.54, 1.807) is 32.0 Å². The maximum absolute atomic E-state index is 12.4. The number of aromatic nitrogens is 1. The van der Waals surface area contributed by atoms with Crippen LogP contribution in [0.3, 0.4) is 0 Å². The predicted octanol–water partition coefficient (Wildman–Crippen LogP) is 3.92. The third-order valence-corrected chi connectivity index (χ3v) is 5.15. The van der Waals surface area contributed by atoms with Crippen LogP contribution in [0.2, 0.25) is 0 Å². The lowest BCUT2D eigenvalue weighted by Gasteiger charge is -2.29. The van der Waals surface area contributed by atoms with E-state index in [0.29, 0.717) is 13.0 Å². The zero-order valence-electron chi connectivity index (χ0n) is 20.0. The molecule has 0 aliphatic carbocycles. The van der Waals surface area contributed by atoms with Crippen molar-refractivity contribution in [1.82, 2.24) is 15.4 Å². The Morgan fingerprint density at radius 3 is 2.32 bits per heavy atom. The minimum Gasteiger partial charge on any atom is -0.443 e. The minimum absolute atomic E-state index is 0.148. The van der Waals surface area contributed by atoms with Crippen molar-refractivity contribution in [2.75, 3.05) is 6.54 Å². The Hall–Kier alpha value is -3.26. The van der Waals surface area contributed by atoms with Crippen LogP contribution in [0, 0.1) is 0 Å². The number of hydrogen-bond donors (Lipinski definition) is 3. The zero-order valence-corrected chi connectivity index (χ0v) is 20.0. The number of carbonyl (C=O) groups excluding carboxylic acids is 1. The van der Waals surface area contributed by atoms with Gasteiger partial charge in [0, 0.05) is 30.9 Å². The predicted molar refractivity (Wildman–Crippen MR) is 134 cm³/mol. The minimum atomic E-state index is -0.858. The Kier molecular flexibility index (Phi) is 8.76. The van der Waals surface area contributed by atoms with E-state index in [1.807, 2.05) is 72.8 Å². The summed E-state index contributed by atoms with van der Waals surface area (Å²) in [6.45, 7) is 5.93. The van der Waals surface area contributed by atoms with Crippen molar-refractivity contribution in [2.24, 2.45) is 5.73 Å². The quantitative estimate of drug-likeness (QED) is 0.417. The SMILES string of the molecule is CC(C)(C)OC(=O)NN(Cc1ccc(-c2ccccn2)cc1)CC(O)[C@@H](N)Cc1ccccc1. The van der Waals surface area contributed by atoms with Crippen molar-refractivity contribution in [3.63, 3.8) is 0 Å². The van der Waals surface area contributed by atoms with Gasteiger partial charge in [-0.25, -0.2) is 9.80 Å². The average molecular weight is 463 g/mol. The summed E-state index contributed by atoms with van der Waals surface area (Å²) in [5.74, 6) is 0. The summed E-state index contributed by atoms with van der Waals surface area (Å²) >= 11 is 0. The van der Waals surface area contributed by atoms with Gasteiger partial charge in [0.15, 0.2) is 0 Å². The van der Waals surface area contributed by atoms with E-state index in [9.17, 15) is 9.90 Å². The van der Waals surface area contributed by atoms with Gasteiger partial charge in [0.2, 0.25) is 0 Å². The lowest BCUT2D eigenvalue weighted by molar-refractivity contribution is 0.0171. The van der Waals surface area contributed by atoms with Crippen LogP contribution in [-0.4, -0.2) is 45.5 Å². The van der Waals surface area contributed by atoms with Crippen LogP contribution >= 0.6 is 0 Å². The smallest absolute Gasteiger partial charge is 0.422 e. The molecule has 4 N–H and O–H groups in total. The second kappa shape index (κ2) is 11.7. The molecule has 0 bridgehead atoms. The van der Waals surface area contributed by atoms with Gasteiger partial charge in [0.05, 0.1) is 11.8 Å². The summed E-state index contributed by atoms with van der Waals surface area (Å²) in [6.07, 6.45) is 0.848. The number of hydrogen-bond acceptors (Lipinski definition) is 6. The third-order valence-electron chi connectivity index (χ3n) is 5.15. The number of hydrazine groups is 1. The highest BCUT2D eigenvalue weighted by atomic mass is 16.6. The molecule has 3 aromatic rings. The lowest BCUT2D eigenvalue weighted by Crippen LogP contribution is -2.51. The van der Waals surface area contributed by atoms with Crippen molar-refractivity contribution in [2.45, 2.75) is 51.5 Å². The van der Waals surface area contributed by atoms with Gasteiger partial charge < -0.3 is 15.6 Å². The van der Waals surface area contributed by atoms with Gasteiger partial charge in [-0.3, -0.25) is 10.4 Å². The molecule has 7 nitrogen and oxygen atoms in total. The first-order chi connectivity index (χ1) is 16.2. The largest absolute Gasteiger partial charge is 0.443 e. The van der Waals surface area contributed by atoms with Crippen molar-refractivity contribution in [3.8, 4) is 11.3 Å². The summed E-state index contributed by atoms with van der Waals surface area (Å²) in [5.41, 5.74) is 12.3. The number of ether oxygens (including phenoxy) is 1. The first kappa shape index (κ1) is 25.4. The number of aliphatic hydroxyl groups is 1. The molecular weight excluding hydrogens is 428 g/mol. The molecule has 0 radical (unpaired) electrons. The fourth-order valence-corrected chi connectivity index (χ4v) is 3.50. The topological polar surface area (TPSA) is 101 Å². The van der Waals surface area contributed by atoms with E-state index in [2.05, 4.69) is 10.4 Å². The number of nitrogens with one attached hydrogen (secondary N) is 1. The molecule has 1 unspecified atom stereocenters. The molecular formula is C27H34N4O3. The highest BCUT2D eigenvalue weighted by Crippen LogP contribution is 2.18. The number of amides is 1. The number of rotatable bonds is 9. The summed E-state index contributed by atoms with van der Waals surface area (Å²) in [4.78, 5) is 16.8. The molecule has 3 rings (SSSR count). The highest BCUT2D eigenvalue weighted by Gasteiger charge is 2.23. The van der Waals surface area contributed by atoms with Crippen LogP contribution in [-0.2, 0) is 17.7 Å². The number of pyridine rings is 1. The standard InChI is InChI=1S/C27H34N4O3/c1-27(2,3)34-26(33)30-31(19-25(32)23(28)17-20-9-5-4-6-10-20)18-21-12-14-22(15-13-21)24-11-7-8-16-29-24/h4-16,23,25,32H,17-19,28H2,1-3H3,(H,30,33)/t23-,25?/m0/s1. The van der Waals surface area contributed by atoms with Crippen molar-refractivity contribution < 1.29 is 14.6 Å². The number of benzene rings is 2. The van der Waals surface area contributed by atoms with Crippen LogP contribution in [0.1, 0.15) is 31.9 Å². The molecule has 0 fully saturated rings. The average Bonchev–Trinajstić information content (AvgIpc) is 2.79. The maximum atomic E-state index is 12.4. The van der Waals surface area contributed by atoms with Gasteiger partial charge in [-0.05, 0) is 50.5 Å². The molecule has 180 valence electrons. The Bertz CT molecular complexity index is 1020. The molecule has 1 heterocycles. The van der Waals surface area contributed by atoms with E-state index < -0.39 is 23.8 Å². The molecule has 0 aliphatic rings. The molecule has 2 atom stereocenters. The molecule has 0 aliphatic heterocycles. The molecule has 2 aromatic carbocycles. The maximum Gasteiger partial charge on any atom is 0.422 e. The van der Waals surface area contributed by atoms with E-state index in [0.717, 1.165) is 22.4 Å². The summed E-state index contributed by atoms with van der Waals surface area (Å²) in [7, 11) is 0. The van der Waals surface area contributed by atoms with Crippen LogP contribution in [0.15, 0.2) is 79.0 Å². The monoisotopic (exact) mass is 462 g/mol. The third kappa shape index (κ3) is 8.26. The second-order valence-electron chi connectivity index (χ2n) is 9.33. The summed E-state index contributed by atoms with van der Waals surface area (Å²) in [6, 6.07) is 23.0. The van der Waals surface area contributed by atoms with Crippen molar-refractivity contribution >= 4 is 6.09 Å². The van der Waals surface area contributed by atoms with Crippen LogP contribution in [0.5, 0.6) is 0 Å². The molecule has 0 spiro atoms. The van der Waals surface area contributed by atoms with Gasteiger partial charge in [-0.1, -0.05) is 60.7 Å². The first-order valence-electron chi connectivity index (χ1n) is 11.4. The van der Waals surface area contributed by atoms with Gasteiger partial charge in [-0.2, -0.15) is 0 Å². The molecule has 7 heteroatoms. The zero-order chi connectivity index (χ0) is 24.6. The second-order valence-corrected chi connectivity index (χ2v) is 9.33. The molecule has 1 amide bonds. The lowest BCUT2D eigenvalue weighted by atomic mass is 10.0. The molecule has 0 saturated carbocycles. The number of aliphatic hydroxyl groups excluding tert-OH is 1. The Balaban J connectivity index is 1.69. The van der Waals surface area contributed by atoms with Gasteiger partial charge in [0.25, 0.3) is 0 Å². The summed E-state index contributed by atoms with van der Waals surface area (Å²) in [5, 5.41) is 12.4. The van der Waals surface area contributed by atoms with Crippen LogP contribution < -0.4 is 11.2 Å². The first-order valence-corrected chi connectivity index (χ1v) is 11.4. The van der Waals surface area contributed by atoms with Crippen LogP contribution in [0.4, 0.5) is 4.79 Å². The van der Waals surface area contributed by atoms with Crippen molar-refractivity contribution in [3.05, 3.63) is 90.1 Å². The number of nitrogens with zero attached hydrogens (tertiary/aromatic N) is 2. The van der Waals surface area contributed by atoms with Gasteiger partial charge >= 0.3 is 6.09 Å². The molecule has 1 aromatic heterocycles. The fraction of sp³-hybridized carbons (Fsp3) is 0.333. The van der Waals surface area contributed by atoms with E-state index in [4.69, 9.17) is 10.5 Å². The Morgan fingerprint density at radius 1 is 1.03 bits per heavy atom. The van der Waals surface area contributed by atoms with Crippen molar-refractivity contribution in [1.29, 1.82) is 0 Å². The van der Waals surface area contributed by atoms with E-state index in [-0.39, 0.29) is 6.54 Å². The van der Waals surface area contributed by atoms with E-state index >= 15 is 0 Å². The fourth-order valence-electron chi connectivity index (χ4n) is 3.50. The summed E-state index contributed by atoms with van der Waals surface area (Å²) < 4.78 is 5.41. The Morgan fingerprint density at radius 2 is 1.71 bits per heavy atom. The van der Waals surface area contributed by atoms with E-state index in [1.165, 1.54) is 0 Å². The number of carbonyl (C=O) groups is 1. The van der Waals surface area contributed by atoms with Gasteiger partial charge in [0.1, 0.15) is 5.60 Å². The Labute approximate surface area is 201 Å². The molecule has 0 saturated heterocycles. The number of nitrogens with two attached hydrogens (primary N) is 1. The molecule has 34 heavy (non-hydrogen) atoms.